The summed E-state index contributed by atoms with van der Waals surface area (Å²) in [5.74, 6) is 0. The molecule has 4 heteroatoms. The third-order valence-corrected chi connectivity index (χ3v) is 4.26. The SMILES string of the molecule is COC1(CNC(C)c2cccs2)CCOC1. The fraction of sp³-hybridized carbons (Fsp3) is 0.667. The van der Waals surface area contributed by atoms with Crippen molar-refractivity contribution in [1.29, 1.82) is 0 Å². The van der Waals surface area contributed by atoms with Crippen molar-refractivity contribution in [2.45, 2.75) is 25.0 Å². The summed E-state index contributed by atoms with van der Waals surface area (Å²) >= 11 is 1.79. The monoisotopic (exact) mass is 241 g/mol. The Morgan fingerprint density at radius 1 is 1.69 bits per heavy atom. The van der Waals surface area contributed by atoms with Crippen LogP contribution in [0.2, 0.25) is 0 Å². The van der Waals surface area contributed by atoms with E-state index >= 15 is 0 Å². The van der Waals surface area contributed by atoms with Gasteiger partial charge in [0.25, 0.3) is 0 Å². The lowest BCUT2D eigenvalue weighted by atomic mass is 10.0. The molecule has 0 bridgehead atoms. The summed E-state index contributed by atoms with van der Waals surface area (Å²) in [6.45, 7) is 4.55. The number of hydrogen-bond acceptors (Lipinski definition) is 4. The highest BCUT2D eigenvalue weighted by Gasteiger charge is 2.34. The molecule has 2 atom stereocenters. The molecule has 0 spiro atoms. The second-order valence-electron chi connectivity index (χ2n) is 4.31. The first-order valence-corrected chi connectivity index (χ1v) is 6.53. The zero-order valence-electron chi connectivity index (χ0n) is 9.86. The van der Waals surface area contributed by atoms with E-state index in [2.05, 4.69) is 29.8 Å². The molecule has 0 saturated carbocycles. The maximum atomic E-state index is 5.58. The van der Waals surface area contributed by atoms with Gasteiger partial charge in [0.2, 0.25) is 0 Å². The fourth-order valence-corrected chi connectivity index (χ4v) is 2.70. The van der Waals surface area contributed by atoms with Crippen LogP contribution in [-0.4, -0.2) is 32.5 Å². The van der Waals surface area contributed by atoms with E-state index in [0.717, 1.165) is 19.6 Å². The standard InChI is InChI=1S/C12H19NO2S/c1-10(11-4-3-7-16-11)13-8-12(14-2)5-6-15-9-12/h3-4,7,10,13H,5-6,8-9H2,1-2H3. The summed E-state index contributed by atoms with van der Waals surface area (Å²) < 4.78 is 11.0. The summed E-state index contributed by atoms with van der Waals surface area (Å²) in [6, 6.07) is 4.63. The van der Waals surface area contributed by atoms with Gasteiger partial charge >= 0.3 is 0 Å². The summed E-state index contributed by atoms with van der Waals surface area (Å²) in [5.41, 5.74) is -0.120. The fourth-order valence-electron chi connectivity index (χ4n) is 1.94. The molecule has 16 heavy (non-hydrogen) atoms. The summed E-state index contributed by atoms with van der Waals surface area (Å²) in [4.78, 5) is 1.37. The molecular weight excluding hydrogens is 222 g/mol. The molecule has 0 aromatic carbocycles. The van der Waals surface area contributed by atoms with Crippen molar-refractivity contribution < 1.29 is 9.47 Å². The highest BCUT2D eigenvalue weighted by atomic mass is 32.1. The normalized spacial score (nSPS) is 27.1. The van der Waals surface area contributed by atoms with Gasteiger partial charge in [-0.1, -0.05) is 6.07 Å². The lowest BCUT2D eigenvalue weighted by Crippen LogP contribution is -2.43. The Morgan fingerprint density at radius 2 is 2.56 bits per heavy atom. The van der Waals surface area contributed by atoms with E-state index in [1.165, 1.54) is 4.88 Å². The zero-order valence-corrected chi connectivity index (χ0v) is 10.7. The lowest BCUT2D eigenvalue weighted by Gasteiger charge is -2.27. The number of methoxy groups -OCH3 is 1. The molecule has 2 heterocycles. The van der Waals surface area contributed by atoms with E-state index in [1.54, 1.807) is 18.4 Å². The summed E-state index contributed by atoms with van der Waals surface area (Å²) in [6.07, 6.45) is 0.980. The Hall–Kier alpha value is -0.420. The molecule has 1 aromatic rings. The molecule has 2 unspecified atom stereocenters. The highest BCUT2D eigenvalue weighted by molar-refractivity contribution is 7.10. The van der Waals surface area contributed by atoms with Crippen LogP contribution in [-0.2, 0) is 9.47 Å². The lowest BCUT2D eigenvalue weighted by molar-refractivity contribution is -0.0171. The zero-order chi connectivity index (χ0) is 11.4. The van der Waals surface area contributed by atoms with E-state index < -0.39 is 0 Å². The third kappa shape index (κ3) is 2.63. The number of hydrogen-bond donors (Lipinski definition) is 1. The van der Waals surface area contributed by atoms with Crippen LogP contribution in [0, 0.1) is 0 Å². The molecule has 0 aliphatic carbocycles. The van der Waals surface area contributed by atoms with Crippen molar-refractivity contribution in [3.8, 4) is 0 Å². The molecule has 1 aromatic heterocycles. The molecule has 1 saturated heterocycles. The highest BCUT2D eigenvalue weighted by Crippen LogP contribution is 2.24. The Bertz CT molecular complexity index is 307. The minimum atomic E-state index is -0.120. The van der Waals surface area contributed by atoms with Crippen LogP contribution in [0.25, 0.3) is 0 Å². The van der Waals surface area contributed by atoms with E-state index in [0.29, 0.717) is 12.6 Å². The first kappa shape index (κ1) is 12.0. The summed E-state index contributed by atoms with van der Waals surface area (Å²) in [5, 5.41) is 5.63. The van der Waals surface area contributed by atoms with Crippen molar-refractivity contribution in [2.75, 3.05) is 26.9 Å². The molecule has 1 fully saturated rings. The summed E-state index contributed by atoms with van der Waals surface area (Å²) in [7, 11) is 1.77. The first-order chi connectivity index (χ1) is 7.76. The Balaban J connectivity index is 1.86. The van der Waals surface area contributed by atoms with Gasteiger partial charge in [0.05, 0.1) is 6.61 Å². The predicted molar refractivity (Wildman–Crippen MR) is 65.9 cm³/mol. The molecule has 1 N–H and O–H groups in total. The van der Waals surface area contributed by atoms with Crippen molar-refractivity contribution in [1.82, 2.24) is 5.32 Å². The van der Waals surface area contributed by atoms with Crippen LogP contribution in [0.4, 0.5) is 0 Å². The van der Waals surface area contributed by atoms with E-state index in [9.17, 15) is 0 Å². The van der Waals surface area contributed by atoms with Gasteiger partial charge in [0.1, 0.15) is 5.60 Å². The van der Waals surface area contributed by atoms with Crippen molar-refractivity contribution >= 4 is 11.3 Å². The van der Waals surface area contributed by atoms with E-state index in [4.69, 9.17) is 9.47 Å². The second kappa shape index (κ2) is 5.27. The quantitative estimate of drug-likeness (QED) is 0.857. The number of ether oxygens (including phenoxy) is 2. The van der Waals surface area contributed by atoms with Crippen LogP contribution in [0.3, 0.4) is 0 Å². The molecule has 90 valence electrons. The number of thiophene rings is 1. The van der Waals surface area contributed by atoms with Gasteiger partial charge in [0, 0.05) is 37.6 Å². The van der Waals surface area contributed by atoms with Gasteiger partial charge < -0.3 is 14.8 Å². The maximum Gasteiger partial charge on any atom is 0.106 e. The molecule has 0 amide bonds. The second-order valence-corrected chi connectivity index (χ2v) is 5.29. The Kier molecular flexibility index (Phi) is 3.97. The van der Waals surface area contributed by atoms with Crippen molar-refractivity contribution in [2.24, 2.45) is 0 Å². The largest absolute Gasteiger partial charge is 0.378 e. The van der Waals surface area contributed by atoms with Gasteiger partial charge in [-0.2, -0.15) is 0 Å². The van der Waals surface area contributed by atoms with Gasteiger partial charge in [-0.15, -0.1) is 11.3 Å². The van der Waals surface area contributed by atoms with E-state index in [-0.39, 0.29) is 5.60 Å². The van der Waals surface area contributed by atoms with Crippen molar-refractivity contribution in [3.05, 3.63) is 22.4 Å². The maximum absolute atomic E-state index is 5.58. The van der Waals surface area contributed by atoms with Gasteiger partial charge in [-0.05, 0) is 18.4 Å². The minimum Gasteiger partial charge on any atom is -0.378 e. The first-order valence-electron chi connectivity index (χ1n) is 5.65. The number of rotatable bonds is 5. The molecular formula is C12H19NO2S. The van der Waals surface area contributed by atoms with Crippen molar-refractivity contribution in [3.63, 3.8) is 0 Å². The third-order valence-electron chi connectivity index (χ3n) is 3.20. The van der Waals surface area contributed by atoms with Gasteiger partial charge in [-0.25, -0.2) is 0 Å². The average molecular weight is 241 g/mol. The Morgan fingerprint density at radius 3 is 3.12 bits per heavy atom. The smallest absolute Gasteiger partial charge is 0.106 e. The van der Waals surface area contributed by atoms with Crippen LogP contribution in [0.5, 0.6) is 0 Å². The topological polar surface area (TPSA) is 30.5 Å². The van der Waals surface area contributed by atoms with Crippen LogP contribution in [0.15, 0.2) is 17.5 Å². The Labute approximate surface area is 101 Å². The predicted octanol–water partition coefficient (Wildman–Crippen LogP) is 2.20. The van der Waals surface area contributed by atoms with E-state index in [1.807, 2.05) is 0 Å². The molecule has 0 radical (unpaired) electrons. The number of nitrogens with one attached hydrogen (secondary N) is 1. The van der Waals surface area contributed by atoms with Crippen LogP contribution < -0.4 is 5.32 Å². The van der Waals surface area contributed by atoms with Gasteiger partial charge in [0.15, 0.2) is 0 Å². The molecule has 3 nitrogen and oxygen atoms in total. The molecule has 1 aliphatic rings. The minimum absolute atomic E-state index is 0.120. The molecule has 1 aliphatic heterocycles. The van der Waals surface area contributed by atoms with Crippen LogP contribution in [0.1, 0.15) is 24.3 Å². The van der Waals surface area contributed by atoms with Crippen LogP contribution >= 0.6 is 11.3 Å². The van der Waals surface area contributed by atoms with Gasteiger partial charge in [-0.3, -0.25) is 0 Å². The average Bonchev–Trinajstić information content (AvgIpc) is 2.98. The molecule has 2 rings (SSSR count).